The molecule has 0 bridgehead atoms. The van der Waals surface area contributed by atoms with Gasteiger partial charge in [0.1, 0.15) is 6.04 Å². The fraction of sp³-hybridized carbons (Fsp3) is 0.750. The van der Waals surface area contributed by atoms with Gasteiger partial charge in [0, 0.05) is 13.6 Å². The van der Waals surface area contributed by atoms with E-state index >= 15 is 0 Å². The second kappa shape index (κ2) is 8.34. The van der Waals surface area contributed by atoms with Crippen LogP contribution in [0.2, 0.25) is 0 Å². The zero-order valence-electron chi connectivity index (χ0n) is 11.8. The second-order valence-corrected chi connectivity index (χ2v) is 4.51. The first-order chi connectivity index (χ1) is 8.81. The maximum absolute atomic E-state index is 11.8. The molecule has 2 amide bonds. The summed E-state index contributed by atoms with van der Waals surface area (Å²) >= 11 is 0. The van der Waals surface area contributed by atoms with Gasteiger partial charge in [-0.3, -0.25) is 4.79 Å². The van der Waals surface area contributed by atoms with Crippen molar-refractivity contribution in [1.29, 1.82) is 0 Å². The predicted octanol–water partition coefficient (Wildman–Crippen LogP) is 0.690. The van der Waals surface area contributed by atoms with E-state index in [0.29, 0.717) is 12.5 Å². The summed E-state index contributed by atoms with van der Waals surface area (Å²) in [5.74, 6) is -1.63. The number of hydrogen-bond acceptors (Lipinski definition) is 4. The highest BCUT2D eigenvalue weighted by Gasteiger charge is 2.25. The first-order valence-electron chi connectivity index (χ1n) is 6.13. The molecular formula is C12H22N2O5. The molecule has 0 fully saturated rings. The fourth-order valence-electron chi connectivity index (χ4n) is 1.39. The third-order valence-electron chi connectivity index (χ3n) is 2.82. The van der Waals surface area contributed by atoms with Crippen LogP contribution in [0.4, 0.5) is 4.79 Å². The van der Waals surface area contributed by atoms with Crippen LogP contribution >= 0.6 is 0 Å². The number of carboxylic acid groups (broad SMARTS) is 1. The molecule has 0 heterocycles. The van der Waals surface area contributed by atoms with Crippen LogP contribution in [0, 0.1) is 5.92 Å². The molecule has 2 atom stereocenters. The van der Waals surface area contributed by atoms with Crippen molar-refractivity contribution >= 4 is 18.0 Å². The SMILES string of the molecule is CCC(C)CN(C)C(=O)N[C@@H](CC(=O)OC)C(=O)O. The first kappa shape index (κ1) is 17.2. The normalized spacial score (nSPS) is 13.3. The van der Waals surface area contributed by atoms with E-state index in [1.54, 1.807) is 7.05 Å². The summed E-state index contributed by atoms with van der Waals surface area (Å²) in [5, 5.41) is 11.2. The number of amides is 2. The van der Waals surface area contributed by atoms with Crippen LogP contribution in [0.15, 0.2) is 0 Å². The Morgan fingerprint density at radius 1 is 1.37 bits per heavy atom. The van der Waals surface area contributed by atoms with Crippen LogP contribution in [0.3, 0.4) is 0 Å². The average Bonchev–Trinajstić information content (AvgIpc) is 2.36. The molecule has 0 radical (unpaired) electrons. The topological polar surface area (TPSA) is 95.9 Å². The third-order valence-corrected chi connectivity index (χ3v) is 2.82. The van der Waals surface area contributed by atoms with E-state index in [2.05, 4.69) is 10.1 Å². The number of methoxy groups -OCH3 is 1. The predicted molar refractivity (Wildman–Crippen MR) is 68.7 cm³/mol. The van der Waals surface area contributed by atoms with Gasteiger partial charge < -0.3 is 20.1 Å². The minimum atomic E-state index is -1.28. The highest BCUT2D eigenvalue weighted by Crippen LogP contribution is 2.03. The summed E-state index contributed by atoms with van der Waals surface area (Å²) in [6.45, 7) is 4.52. The van der Waals surface area contributed by atoms with E-state index in [1.165, 1.54) is 4.90 Å². The Labute approximate surface area is 112 Å². The van der Waals surface area contributed by atoms with Crippen molar-refractivity contribution in [3.63, 3.8) is 0 Å². The number of ether oxygens (including phenoxy) is 1. The van der Waals surface area contributed by atoms with Crippen LogP contribution < -0.4 is 5.32 Å². The lowest BCUT2D eigenvalue weighted by atomic mass is 10.1. The van der Waals surface area contributed by atoms with Gasteiger partial charge in [-0.05, 0) is 5.92 Å². The lowest BCUT2D eigenvalue weighted by molar-refractivity contribution is -0.147. The van der Waals surface area contributed by atoms with Crippen molar-refractivity contribution in [3.8, 4) is 0 Å². The Balaban J connectivity index is 4.46. The molecule has 0 aromatic rings. The molecule has 0 spiro atoms. The van der Waals surface area contributed by atoms with Gasteiger partial charge in [0.05, 0.1) is 13.5 Å². The van der Waals surface area contributed by atoms with Crippen molar-refractivity contribution in [3.05, 3.63) is 0 Å². The minimum Gasteiger partial charge on any atom is -0.480 e. The number of hydrogen-bond donors (Lipinski definition) is 2. The van der Waals surface area contributed by atoms with E-state index < -0.39 is 30.4 Å². The Kier molecular flexibility index (Phi) is 7.55. The lowest BCUT2D eigenvalue weighted by Gasteiger charge is -2.23. The Hall–Kier alpha value is -1.79. The molecular weight excluding hydrogens is 252 g/mol. The van der Waals surface area contributed by atoms with Crippen LogP contribution in [0.1, 0.15) is 26.7 Å². The van der Waals surface area contributed by atoms with E-state index in [4.69, 9.17) is 5.11 Å². The summed E-state index contributed by atoms with van der Waals surface area (Å²) in [5.41, 5.74) is 0. The molecule has 2 N–H and O–H groups in total. The second-order valence-electron chi connectivity index (χ2n) is 4.51. The van der Waals surface area contributed by atoms with Crippen LogP contribution in [0.5, 0.6) is 0 Å². The molecule has 7 nitrogen and oxygen atoms in total. The highest BCUT2D eigenvalue weighted by atomic mass is 16.5. The van der Waals surface area contributed by atoms with E-state index in [1.807, 2.05) is 13.8 Å². The highest BCUT2D eigenvalue weighted by molar-refractivity contribution is 5.86. The van der Waals surface area contributed by atoms with Gasteiger partial charge in [0.25, 0.3) is 0 Å². The molecule has 110 valence electrons. The molecule has 0 saturated heterocycles. The van der Waals surface area contributed by atoms with Gasteiger partial charge in [0.2, 0.25) is 0 Å². The van der Waals surface area contributed by atoms with Crippen LogP contribution in [-0.2, 0) is 14.3 Å². The standard InChI is InChI=1S/C12H22N2O5/c1-5-8(2)7-14(3)12(18)13-9(11(16)17)6-10(15)19-4/h8-9H,5-7H2,1-4H3,(H,13,18)(H,16,17)/t8?,9-/m0/s1. The van der Waals surface area contributed by atoms with E-state index in [0.717, 1.165) is 13.5 Å². The maximum atomic E-state index is 11.8. The average molecular weight is 274 g/mol. The Bertz CT molecular complexity index is 332. The zero-order valence-corrected chi connectivity index (χ0v) is 11.8. The molecule has 0 aliphatic carbocycles. The van der Waals surface area contributed by atoms with Gasteiger partial charge in [-0.15, -0.1) is 0 Å². The van der Waals surface area contributed by atoms with Crippen molar-refractivity contribution in [2.45, 2.75) is 32.7 Å². The van der Waals surface area contributed by atoms with Crippen LogP contribution in [-0.4, -0.2) is 54.7 Å². The molecule has 19 heavy (non-hydrogen) atoms. The van der Waals surface area contributed by atoms with E-state index in [-0.39, 0.29) is 0 Å². The van der Waals surface area contributed by atoms with E-state index in [9.17, 15) is 14.4 Å². The zero-order chi connectivity index (χ0) is 15.0. The number of rotatable bonds is 7. The molecule has 1 unspecified atom stereocenters. The number of carboxylic acids is 1. The number of carbonyl (C=O) groups excluding carboxylic acids is 2. The molecule has 7 heteroatoms. The van der Waals surface area contributed by atoms with Gasteiger partial charge in [-0.2, -0.15) is 0 Å². The summed E-state index contributed by atoms with van der Waals surface area (Å²) < 4.78 is 4.39. The number of urea groups is 1. The largest absolute Gasteiger partial charge is 0.480 e. The number of aliphatic carboxylic acids is 1. The molecule has 0 aliphatic heterocycles. The molecule has 0 aromatic carbocycles. The lowest BCUT2D eigenvalue weighted by Crippen LogP contribution is -2.48. The fourth-order valence-corrected chi connectivity index (χ4v) is 1.39. The third kappa shape index (κ3) is 6.64. The first-order valence-corrected chi connectivity index (χ1v) is 6.13. The Morgan fingerprint density at radius 3 is 2.37 bits per heavy atom. The van der Waals surface area contributed by atoms with Gasteiger partial charge >= 0.3 is 18.0 Å². The summed E-state index contributed by atoms with van der Waals surface area (Å²) in [7, 11) is 2.75. The van der Waals surface area contributed by atoms with Gasteiger partial charge in [-0.25, -0.2) is 9.59 Å². The number of nitrogens with one attached hydrogen (secondary N) is 1. The molecule has 0 saturated carbocycles. The number of carbonyl (C=O) groups is 3. The van der Waals surface area contributed by atoms with Gasteiger partial charge in [0.15, 0.2) is 0 Å². The van der Waals surface area contributed by atoms with Crippen molar-refractivity contribution in [2.24, 2.45) is 5.92 Å². The quantitative estimate of drug-likeness (QED) is 0.666. The van der Waals surface area contributed by atoms with Crippen LogP contribution in [0.25, 0.3) is 0 Å². The number of esters is 1. The van der Waals surface area contributed by atoms with Crippen molar-refractivity contribution < 1.29 is 24.2 Å². The smallest absolute Gasteiger partial charge is 0.326 e. The maximum Gasteiger partial charge on any atom is 0.326 e. The van der Waals surface area contributed by atoms with Crippen molar-refractivity contribution in [2.75, 3.05) is 20.7 Å². The van der Waals surface area contributed by atoms with Crippen molar-refractivity contribution in [1.82, 2.24) is 10.2 Å². The summed E-state index contributed by atoms with van der Waals surface area (Å²) in [6, 6.07) is -1.80. The monoisotopic (exact) mass is 274 g/mol. The molecule has 0 aliphatic rings. The molecule has 0 rings (SSSR count). The molecule has 0 aromatic heterocycles. The van der Waals surface area contributed by atoms with Gasteiger partial charge in [-0.1, -0.05) is 20.3 Å². The summed E-state index contributed by atoms with van der Waals surface area (Å²) in [6.07, 6.45) is 0.525. The minimum absolute atomic E-state index is 0.319. The summed E-state index contributed by atoms with van der Waals surface area (Å²) in [4.78, 5) is 35.2. The number of nitrogens with zero attached hydrogens (tertiary/aromatic N) is 1. The Morgan fingerprint density at radius 2 is 1.95 bits per heavy atom.